The van der Waals surface area contributed by atoms with E-state index in [1.807, 2.05) is 6.92 Å². The minimum absolute atomic E-state index is 0.0687. The van der Waals surface area contributed by atoms with Gasteiger partial charge in [-0.2, -0.15) is 0 Å². The number of allylic oxidation sites excluding steroid dienone is 4. The van der Waals surface area contributed by atoms with Gasteiger partial charge in [0.2, 0.25) is 0 Å². The molecule has 4 saturated carbocycles. The number of carbonyl (C=O) groups is 3. The van der Waals surface area contributed by atoms with E-state index in [0.717, 1.165) is 25.7 Å². The summed E-state index contributed by atoms with van der Waals surface area (Å²) in [4.78, 5) is 37.4. The fraction of sp³-hybridized carbons (Fsp3) is 0.741. The summed E-state index contributed by atoms with van der Waals surface area (Å²) in [5.74, 6) is -2.57. The molecule has 8 atom stereocenters. The molecule has 4 fully saturated rings. The number of Topliss-reactive ketones (excluding diaryl/α,β-unsaturated/α-hetero) is 1. The highest BCUT2D eigenvalue weighted by Gasteiger charge is 2.72. The molecule has 5 nitrogen and oxygen atoms in total. The van der Waals surface area contributed by atoms with Crippen molar-refractivity contribution in [3.63, 3.8) is 0 Å². The van der Waals surface area contributed by atoms with Crippen LogP contribution < -0.4 is 0 Å². The van der Waals surface area contributed by atoms with Crippen molar-refractivity contribution in [1.82, 2.24) is 0 Å². The average Bonchev–Trinajstić information content (AvgIpc) is 3.44. The minimum Gasteiger partial charge on any atom is -0.457 e. The molecule has 0 aromatic rings. The molecule has 8 unspecified atom stereocenters. The summed E-state index contributed by atoms with van der Waals surface area (Å²) in [6.45, 7) is 3.17. The fourth-order valence-corrected chi connectivity index (χ4v) is 8.25. The van der Waals surface area contributed by atoms with Gasteiger partial charge in [0.15, 0.2) is 17.2 Å². The number of alkyl halides is 2. The number of esters is 1. The lowest BCUT2D eigenvalue weighted by Gasteiger charge is -2.62. The maximum Gasteiger partial charge on any atom is 0.309 e. The van der Waals surface area contributed by atoms with Crippen LogP contribution in [0.1, 0.15) is 65.2 Å². The number of rotatable bonds is 4. The van der Waals surface area contributed by atoms with Crippen LogP contribution in [0.4, 0.5) is 8.78 Å². The van der Waals surface area contributed by atoms with E-state index in [1.165, 1.54) is 18.2 Å². The lowest BCUT2D eigenvalue weighted by atomic mass is 9.45. The van der Waals surface area contributed by atoms with Crippen LogP contribution in [0.25, 0.3) is 0 Å². The standard InChI is InChI=1S/C27H34F2O5/c1-25-13-23(32)27(29)19(12-21(28)20-11-16(30)9-10-26(20,27)2)17(25)7-8-18(25)22(31)14-34-24(33)15-5-3-4-6-15/h9-11,15,17-19,21,23,32H,3-8,12-14H2,1-2H3. The van der Waals surface area contributed by atoms with Crippen LogP contribution >= 0.6 is 0 Å². The zero-order valence-electron chi connectivity index (χ0n) is 19.9. The molecule has 0 amide bonds. The van der Waals surface area contributed by atoms with Crippen molar-refractivity contribution in [3.05, 3.63) is 23.8 Å². The molecule has 7 heteroatoms. The Balaban J connectivity index is 1.38. The molecule has 1 N–H and O–H groups in total. The molecule has 0 heterocycles. The van der Waals surface area contributed by atoms with Gasteiger partial charge in [-0.3, -0.25) is 14.4 Å². The fourth-order valence-electron chi connectivity index (χ4n) is 8.25. The second-order valence-corrected chi connectivity index (χ2v) is 11.6. The zero-order valence-corrected chi connectivity index (χ0v) is 19.9. The van der Waals surface area contributed by atoms with Crippen LogP contribution in [0.5, 0.6) is 0 Å². The van der Waals surface area contributed by atoms with Gasteiger partial charge in [0, 0.05) is 17.3 Å². The molecule has 0 radical (unpaired) electrons. The largest absolute Gasteiger partial charge is 0.457 e. The maximum absolute atomic E-state index is 17.0. The van der Waals surface area contributed by atoms with Crippen LogP contribution in [0, 0.1) is 34.5 Å². The van der Waals surface area contributed by atoms with Crippen LogP contribution in [-0.2, 0) is 19.1 Å². The number of aliphatic hydroxyl groups is 1. The maximum atomic E-state index is 17.0. The summed E-state index contributed by atoms with van der Waals surface area (Å²) in [6.07, 6.45) is 5.57. The number of aliphatic hydroxyl groups excluding tert-OH is 1. The Morgan fingerprint density at radius 3 is 2.56 bits per heavy atom. The van der Waals surface area contributed by atoms with E-state index in [4.69, 9.17) is 4.74 Å². The predicted octanol–water partition coefficient (Wildman–Crippen LogP) is 4.22. The van der Waals surface area contributed by atoms with Gasteiger partial charge >= 0.3 is 5.97 Å². The van der Waals surface area contributed by atoms with E-state index in [-0.39, 0.29) is 54.4 Å². The lowest BCUT2D eigenvalue weighted by Crippen LogP contribution is -2.68. The van der Waals surface area contributed by atoms with Crippen molar-refractivity contribution in [2.75, 3.05) is 6.61 Å². The number of fused-ring (bicyclic) bond motifs is 5. The van der Waals surface area contributed by atoms with Gasteiger partial charge in [-0.15, -0.1) is 0 Å². The van der Waals surface area contributed by atoms with Crippen molar-refractivity contribution in [2.45, 2.75) is 83.2 Å². The van der Waals surface area contributed by atoms with Crippen molar-refractivity contribution in [1.29, 1.82) is 0 Å². The van der Waals surface area contributed by atoms with E-state index in [9.17, 15) is 19.5 Å². The monoisotopic (exact) mass is 476 g/mol. The van der Waals surface area contributed by atoms with Crippen LogP contribution in [0.3, 0.4) is 0 Å². The Bertz CT molecular complexity index is 968. The lowest BCUT2D eigenvalue weighted by molar-refractivity contribution is -0.202. The van der Waals surface area contributed by atoms with Crippen molar-refractivity contribution in [3.8, 4) is 0 Å². The van der Waals surface area contributed by atoms with Crippen LogP contribution in [0.2, 0.25) is 0 Å². The first-order chi connectivity index (χ1) is 16.0. The molecule has 0 bridgehead atoms. The number of hydrogen-bond acceptors (Lipinski definition) is 5. The molecule has 5 aliphatic rings. The van der Waals surface area contributed by atoms with Gasteiger partial charge in [0.1, 0.15) is 12.8 Å². The molecular weight excluding hydrogens is 442 g/mol. The molecular formula is C27H34F2O5. The van der Waals surface area contributed by atoms with Crippen molar-refractivity contribution < 1.29 is 33.0 Å². The first-order valence-corrected chi connectivity index (χ1v) is 12.7. The molecule has 0 aromatic carbocycles. The average molecular weight is 477 g/mol. The van der Waals surface area contributed by atoms with E-state index in [1.54, 1.807) is 6.92 Å². The third kappa shape index (κ3) is 3.21. The number of ketones is 2. The minimum atomic E-state index is -2.13. The van der Waals surface area contributed by atoms with Crippen molar-refractivity contribution >= 4 is 17.5 Å². The normalized spacial score (nSPS) is 45.9. The molecule has 34 heavy (non-hydrogen) atoms. The highest BCUT2D eigenvalue weighted by molar-refractivity contribution is 6.01. The first-order valence-electron chi connectivity index (χ1n) is 12.7. The van der Waals surface area contributed by atoms with Crippen LogP contribution in [0.15, 0.2) is 23.8 Å². The highest BCUT2D eigenvalue weighted by atomic mass is 19.1. The Hall–Kier alpha value is -1.89. The molecule has 0 aromatic heterocycles. The Morgan fingerprint density at radius 2 is 1.85 bits per heavy atom. The topological polar surface area (TPSA) is 80.7 Å². The number of halogens is 2. The number of carbonyl (C=O) groups excluding carboxylic acids is 3. The highest BCUT2D eigenvalue weighted by Crippen LogP contribution is 2.69. The smallest absolute Gasteiger partial charge is 0.309 e. The molecule has 186 valence electrons. The van der Waals surface area contributed by atoms with E-state index >= 15 is 8.78 Å². The number of ether oxygens (including phenoxy) is 1. The molecule has 0 spiro atoms. The first kappa shape index (κ1) is 23.8. The molecule has 0 aliphatic heterocycles. The summed E-state index contributed by atoms with van der Waals surface area (Å²) in [5.41, 5.74) is -4.15. The predicted molar refractivity (Wildman–Crippen MR) is 120 cm³/mol. The Kier molecular flexibility index (Phi) is 5.66. The summed E-state index contributed by atoms with van der Waals surface area (Å²) in [7, 11) is 0. The summed E-state index contributed by atoms with van der Waals surface area (Å²) >= 11 is 0. The Morgan fingerprint density at radius 1 is 1.15 bits per heavy atom. The number of hydrogen-bond donors (Lipinski definition) is 1. The Labute approximate surface area is 199 Å². The third-order valence-corrected chi connectivity index (χ3v) is 10.1. The molecule has 5 rings (SSSR count). The zero-order chi connectivity index (χ0) is 24.5. The van der Waals surface area contributed by atoms with Crippen molar-refractivity contribution in [2.24, 2.45) is 34.5 Å². The van der Waals surface area contributed by atoms with Gasteiger partial charge in [-0.05, 0) is 74.5 Å². The van der Waals surface area contributed by atoms with Gasteiger partial charge in [-0.25, -0.2) is 8.78 Å². The second kappa shape index (κ2) is 8.07. The third-order valence-electron chi connectivity index (χ3n) is 10.1. The van der Waals surface area contributed by atoms with E-state index in [0.29, 0.717) is 12.8 Å². The summed E-state index contributed by atoms with van der Waals surface area (Å²) < 4.78 is 37.8. The summed E-state index contributed by atoms with van der Waals surface area (Å²) in [6, 6.07) is 0. The van der Waals surface area contributed by atoms with Crippen LogP contribution in [-0.4, -0.2) is 47.2 Å². The molecule has 0 saturated heterocycles. The van der Waals surface area contributed by atoms with Gasteiger partial charge in [0.05, 0.1) is 12.0 Å². The SMILES string of the molecule is CC12CC(O)C3(F)C(CC(F)C4=CC(=O)C=CC43C)C1CCC2C(=O)COC(=O)C1CCCC1. The van der Waals surface area contributed by atoms with Gasteiger partial charge in [0.25, 0.3) is 0 Å². The van der Waals surface area contributed by atoms with E-state index in [2.05, 4.69) is 0 Å². The van der Waals surface area contributed by atoms with E-state index < -0.39 is 40.6 Å². The summed E-state index contributed by atoms with van der Waals surface area (Å²) in [5, 5.41) is 11.3. The van der Waals surface area contributed by atoms with Gasteiger partial charge in [-0.1, -0.05) is 25.8 Å². The quantitative estimate of drug-likeness (QED) is 0.615. The van der Waals surface area contributed by atoms with Gasteiger partial charge < -0.3 is 9.84 Å². The second-order valence-electron chi connectivity index (χ2n) is 11.6. The molecule has 5 aliphatic carbocycles.